The number of rotatable bonds is 5. The highest BCUT2D eigenvalue weighted by Gasteiger charge is 2.47. The van der Waals surface area contributed by atoms with Gasteiger partial charge in [-0.1, -0.05) is 40.5 Å². The first kappa shape index (κ1) is 16.8. The second kappa shape index (κ2) is 6.68. The Morgan fingerprint density at radius 3 is 2.67 bits per heavy atom. The Morgan fingerprint density at radius 2 is 2.10 bits per heavy atom. The summed E-state index contributed by atoms with van der Waals surface area (Å²) in [4.78, 5) is 15.0. The van der Waals surface area contributed by atoms with Crippen LogP contribution in [0.2, 0.25) is 0 Å². The minimum absolute atomic E-state index is 0.236. The van der Waals surface area contributed by atoms with Gasteiger partial charge in [-0.15, -0.1) is 0 Å². The first-order valence-electron chi connectivity index (χ1n) is 8.94. The van der Waals surface area contributed by atoms with Crippen LogP contribution < -0.4 is 5.32 Å². The van der Waals surface area contributed by atoms with E-state index in [2.05, 4.69) is 44.8 Å². The van der Waals surface area contributed by atoms with Crippen LogP contribution in [0.15, 0.2) is 0 Å². The quantitative estimate of drug-likeness (QED) is 0.837. The fourth-order valence-corrected chi connectivity index (χ4v) is 4.07. The average Bonchev–Trinajstić information content (AvgIpc) is 2.63. The van der Waals surface area contributed by atoms with E-state index in [0.29, 0.717) is 17.7 Å². The molecule has 21 heavy (non-hydrogen) atoms. The number of carbonyl (C=O) groups is 1. The molecular formula is C18H34N2O. The van der Waals surface area contributed by atoms with Gasteiger partial charge in [0.2, 0.25) is 5.91 Å². The van der Waals surface area contributed by atoms with Crippen LogP contribution in [0.5, 0.6) is 0 Å². The highest BCUT2D eigenvalue weighted by Crippen LogP contribution is 2.33. The monoisotopic (exact) mass is 294 g/mol. The Morgan fingerprint density at radius 1 is 1.38 bits per heavy atom. The maximum atomic E-state index is 12.9. The lowest BCUT2D eigenvalue weighted by atomic mass is 9.82. The fraction of sp³-hybridized carbons (Fsp3) is 0.944. The lowest BCUT2D eigenvalue weighted by Gasteiger charge is -2.33. The van der Waals surface area contributed by atoms with E-state index in [1.54, 1.807) is 0 Å². The number of carbonyl (C=O) groups excluding carboxylic acids is 1. The van der Waals surface area contributed by atoms with Crippen molar-refractivity contribution in [2.24, 2.45) is 17.8 Å². The molecule has 3 heteroatoms. The molecule has 0 aromatic heterocycles. The van der Waals surface area contributed by atoms with Crippen molar-refractivity contribution in [3.63, 3.8) is 0 Å². The smallest absolute Gasteiger partial charge is 0.243 e. The van der Waals surface area contributed by atoms with E-state index in [4.69, 9.17) is 0 Å². The summed E-state index contributed by atoms with van der Waals surface area (Å²) in [7, 11) is 0. The summed E-state index contributed by atoms with van der Waals surface area (Å²) in [6.07, 6.45) is 7.46. The Labute approximate surface area is 130 Å². The first-order chi connectivity index (χ1) is 9.85. The lowest BCUT2D eigenvalue weighted by molar-refractivity contribution is -0.133. The van der Waals surface area contributed by atoms with Gasteiger partial charge in [-0.2, -0.15) is 0 Å². The van der Waals surface area contributed by atoms with Gasteiger partial charge in [-0.3, -0.25) is 10.1 Å². The van der Waals surface area contributed by atoms with Gasteiger partial charge in [-0.25, -0.2) is 0 Å². The summed E-state index contributed by atoms with van der Waals surface area (Å²) in [6, 6.07) is 0. The van der Waals surface area contributed by atoms with Crippen molar-refractivity contribution in [3.05, 3.63) is 0 Å². The van der Waals surface area contributed by atoms with E-state index in [1.807, 2.05) is 0 Å². The van der Waals surface area contributed by atoms with Crippen LogP contribution in [0.4, 0.5) is 0 Å². The van der Waals surface area contributed by atoms with Crippen LogP contribution in [-0.2, 0) is 4.79 Å². The van der Waals surface area contributed by atoms with Crippen molar-refractivity contribution in [1.29, 1.82) is 0 Å². The molecular weight excluding hydrogens is 260 g/mol. The van der Waals surface area contributed by atoms with E-state index >= 15 is 0 Å². The van der Waals surface area contributed by atoms with Crippen molar-refractivity contribution in [2.45, 2.75) is 84.8 Å². The second-order valence-electron chi connectivity index (χ2n) is 8.07. The zero-order chi connectivity index (χ0) is 15.6. The van der Waals surface area contributed by atoms with Crippen molar-refractivity contribution in [3.8, 4) is 0 Å². The first-order valence-corrected chi connectivity index (χ1v) is 8.94. The summed E-state index contributed by atoms with van der Waals surface area (Å²) in [5.41, 5.74) is -0.347. The predicted octanol–water partition coefficient (Wildman–Crippen LogP) is 3.79. The van der Waals surface area contributed by atoms with Crippen molar-refractivity contribution in [2.75, 3.05) is 6.54 Å². The van der Waals surface area contributed by atoms with Crippen LogP contribution in [0.1, 0.15) is 73.1 Å². The van der Waals surface area contributed by atoms with Gasteiger partial charge >= 0.3 is 0 Å². The fourth-order valence-electron chi connectivity index (χ4n) is 4.07. The molecule has 3 nitrogen and oxygen atoms in total. The largest absolute Gasteiger partial charge is 0.325 e. The summed E-state index contributed by atoms with van der Waals surface area (Å²) >= 11 is 0. The van der Waals surface area contributed by atoms with Crippen LogP contribution >= 0.6 is 0 Å². The predicted molar refractivity (Wildman–Crippen MR) is 87.9 cm³/mol. The molecule has 0 radical (unpaired) electrons. The molecule has 1 aliphatic heterocycles. The van der Waals surface area contributed by atoms with E-state index in [-0.39, 0.29) is 11.7 Å². The molecule has 2 fully saturated rings. The highest BCUT2D eigenvalue weighted by atomic mass is 16.2. The SMILES string of the molecule is CCC1(C)NC(CC(C)C)N(CC2CCCC(C)C2)C1=O. The molecule has 122 valence electrons. The molecule has 4 atom stereocenters. The molecule has 1 amide bonds. The number of nitrogens with zero attached hydrogens (tertiary/aromatic N) is 1. The van der Waals surface area contributed by atoms with Crippen molar-refractivity contribution < 1.29 is 4.79 Å². The summed E-state index contributed by atoms with van der Waals surface area (Å²) in [5, 5.41) is 3.63. The molecule has 1 saturated carbocycles. The van der Waals surface area contributed by atoms with Gasteiger partial charge in [0.1, 0.15) is 0 Å². The molecule has 0 spiro atoms. The van der Waals surface area contributed by atoms with Gasteiger partial charge in [-0.05, 0) is 50.4 Å². The molecule has 1 N–H and O–H groups in total. The normalized spacial score (nSPS) is 37.5. The summed E-state index contributed by atoms with van der Waals surface area (Å²) in [5.74, 6) is 2.47. The molecule has 1 heterocycles. The van der Waals surface area contributed by atoms with E-state index in [1.165, 1.54) is 25.7 Å². The molecule has 0 aromatic rings. The molecule has 2 rings (SSSR count). The molecule has 0 bridgehead atoms. The Bertz CT molecular complexity index is 368. The molecule has 4 unspecified atom stereocenters. The Hall–Kier alpha value is -0.570. The van der Waals surface area contributed by atoms with Crippen LogP contribution in [0.25, 0.3) is 0 Å². The molecule has 2 aliphatic rings. The zero-order valence-electron chi connectivity index (χ0n) is 14.6. The van der Waals surface area contributed by atoms with Gasteiger partial charge < -0.3 is 4.90 Å². The maximum Gasteiger partial charge on any atom is 0.243 e. The third-order valence-corrected chi connectivity index (χ3v) is 5.50. The average molecular weight is 294 g/mol. The zero-order valence-corrected chi connectivity index (χ0v) is 14.6. The number of hydrogen-bond donors (Lipinski definition) is 1. The number of nitrogens with one attached hydrogen (secondary N) is 1. The van der Waals surface area contributed by atoms with E-state index in [9.17, 15) is 4.79 Å². The highest BCUT2D eigenvalue weighted by molar-refractivity contribution is 5.88. The van der Waals surface area contributed by atoms with Crippen LogP contribution in [0.3, 0.4) is 0 Å². The van der Waals surface area contributed by atoms with Crippen molar-refractivity contribution >= 4 is 5.91 Å². The maximum absolute atomic E-state index is 12.9. The minimum Gasteiger partial charge on any atom is -0.325 e. The third-order valence-electron chi connectivity index (χ3n) is 5.50. The van der Waals surface area contributed by atoms with Crippen molar-refractivity contribution in [1.82, 2.24) is 10.2 Å². The van der Waals surface area contributed by atoms with Gasteiger partial charge in [0.15, 0.2) is 0 Å². The lowest BCUT2D eigenvalue weighted by Crippen LogP contribution is -2.44. The molecule has 1 saturated heterocycles. The second-order valence-corrected chi connectivity index (χ2v) is 8.07. The van der Waals surface area contributed by atoms with Gasteiger partial charge in [0.25, 0.3) is 0 Å². The Balaban J connectivity index is 2.07. The standard InChI is InChI=1S/C18H34N2O/c1-6-18(5)17(21)20(16(19-18)10-13(2)3)12-15-9-7-8-14(4)11-15/h13-16,19H,6-12H2,1-5H3. The topological polar surface area (TPSA) is 32.3 Å². The number of hydrogen-bond acceptors (Lipinski definition) is 2. The minimum atomic E-state index is -0.347. The van der Waals surface area contributed by atoms with E-state index in [0.717, 1.165) is 25.3 Å². The number of amides is 1. The van der Waals surface area contributed by atoms with Gasteiger partial charge in [0, 0.05) is 6.54 Å². The third kappa shape index (κ3) is 3.80. The van der Waals surface area contributed by atoms with Gasteiger partial charge in [0.05, 0.1) is 11.7 Å². The van der Waals surface area contributed by atoms with Crippen LogP contribution in [-0.4, -0.2) is 29.1 Å². The Kier molecular flexibility index (Phi) is 5.34. The molecule has 1 aliphatic carbocycles. The molecule has 0 aromatic carbocycles. The summed E-state index contributed by atoms with van der Waals surface area (Å²) < 4.78 is 0. The summed E-state index contributed by atoms with van der Waals surface area (Å²) in [6.45, 7) is 12.0. The van der Waals surface area contributed by atoms with E-state index < -0.39 is 0 Å². The van der Waals surface area contributed by atoms with Crippen LogP contribution in [0, 0.1) is 17.8 Å².